The lowest BCUT2D eigenvalue weighted by atomic mass is 10.1. The van der Waals surface area contributed by atoms with Gasteiger partial charge in [-0.3, -0.25) is 0 Å². The summed E-state index contributed by atoms with van der Waals surface area (Å²) in [5, 5.41) is 9.81. The molecule has 0 unspecified atom stereocenters. The molecular formula is C21H15Br2N3. The lowest BCUT2D eigenvalue weighted by Crippen LogP contribution is -1.89. The normalized spacial score (nSPS) is 10.0. The third-order valence-corrected chi connectivity index (χ3v) is 5.14. The van der Waals surface area contributed by atoms with Crippen molar-refractivity contribution in [1.82, 2.24) is 4.98 Å². The summed E-state index contributed by atoms with van der Waals surface area (Å²) in [6.45, 7) is 0. The van der Waals surface area contributed by atoms with Crippen molar-refractivity contribution in [3.8, 4) is 17.3 Å². The van der Waals surface area contributed by atoms with E-state index in [1.807, 2.05) is 18.2 Å². The molecule has 0 aliphatic rings. The van der Waals surface area contributed by atoms with E-state index in [1.165, 1.54) is 22.2 Å². The molecule has 26 heavy (non-hydrogen) atoms. The first kappa shape index (κ1) is 18.2. The number of benzene rings is 3. The molecule has 0 aliphatic carbocycles. The van der Waals surface area contributed by atoms with Gasteiger partial charge in [-0.25, -0.2) is 0 Å². The van der Waals surface area contributed by atoms with Gasteiger partial charge in [-0.1, -0.05) is 48.5 Å². The first-order chi connectivity index (χ1) is 12.6. The number of nitrogens with one attached hydrogen (secondary N) is 1. The molecule has 4 aromatic rings. The van der Waals surface area contributed by atoms with E-state index in [0.717, 1.165) is 8.95 Å². The number of nitriles is 1. The van der Waals surface area contributed by atoms with Gasteiger partial charge < -0.3 is 10.7 Å². The maximum absolute atomic E-state index is 8.54. The van der Waals surface area contributed by atoms with Crippen LogP contribution in [-0.4, -0.2) is 4.98 Å². The van der Waals surface area contributed by atoms with Crippen LogP contribution in [0.3, 0.4) is 0 Å². The van der Waals surface area contributed by atoms with E-state index in [-0.39, 0.29) is 0 Å². The zero-order valence-corrected chi connectivity index (χ0v) is 16.9. The van der Waals surface area contributed by atoms with Crippen LogP contribution in [0.25, 0.3) is 22.2 Å². The summed E-state index contributed by atoms with van der Waals surface area (Å²) < 4.78 is 1.48. The number of H-pyrrole nitrogens is 1. The Balaban J connectivity index is 0.000000160. The van der Waals surface area contributed by atoms with Crippen molar-refractivity contribution in [2.45, 2.75) is 0 Å². The summed E-state index contributed by atoms with van der Waals surface area (Å²) in [5.74, 6) is 0. The second-order valence-electron chi connectivity index (χ2n) is 5.60. The SMILES string of the molecule is N#Cc1cc(Br)c(N)c(Br)c1.c1ccc(-c2cc3ccccc3[nH]2)cc1. The predicted octanol–water partition coefficient (Wildman–Crippen LogP) is 6.50. The van der Waals surface area contributed by atoms with Crippen LogP contribution in [0.15, 0.2) is 81.7 Å². The number of rotatable bonds is 1. The Kier molecular flexibility index (Phi) is 5.77. The number of nitrogen functional groups attached to an aromatic ring is 1. The molecular weight excluding hydrogens is 454 g/mol. The van der Waals surface area contributed by atoms with E-state index in [9.17, 15) is 0 Å². The van der Waals surface area contributed by atoms with Crippen molar-refractivity contribution in [3.05, 3.63) is 87.3 Å². The van der Waals surface area contributed by atoms with Crippen LogP contribution in [0, 0.1) is 11.3 Å². The van der Waals surface area contributed by atoms with Crippen LogP contribution in [0.2, 0.25) is 0 Å². The van der Waals surface area contributed by atoms with Gasteiger partial charge in [0.05, 0.1) is 17.3 Å². The van der Waals surface area contributed by atoms with Gasteiger partial charge in [0.15, 0.2) is 0 Å². The van der Waals surface area contributed by atoms with Gasteiger partial charge in [-0.05, 0) is 61.7 Å². The fourth-order valence-corrected chi connectivity index (χ4v) is 3.68. The Bertz CT molecular complexity index is 1020. The van der Waals surface area contributed by atoms with Gasteiger partial charge in [0.2, 0.25) is 0 Å². The number of hydrogen-bond acceptors (Lipinski definition) is 2. The number of nitrogens with two attached hydrogens (primary N) is 1. The maximum Gasteiger partial charge on any atom is 0.0992 e. The van der Waals surface area contributed by atoms with Crippen LogP contribution in [0.5, 0.6) is 0 Å². The summed E-state index contributed by atoms with van der Waals surface area (Å²) in [6.07, 6.45) is 0. The molecule has 0 radical (unpaired) electrons. The number of nitrogens with zero attached hydrogens (tertiary/aromatic N) is 1. The number of aromatic amines is 1. The third kappa shape index (κ3) is 4.16. The molecule has 4 rings (SSSR count). The van der Waals surface area contributed by atoms with E-state index < -0.39 is 0 Å². The van der Waals surface area contributed by atoms with Gasteiger partial charge in [0.25, 0.3) is 0 Å². The second-order valence-corrected chi connectivity index (χ2v) is 7.31. The van der Waals surface area contributed by atoms with Crippen LogP contribution >= 0.6 is 31.9 Å². The van der Waals surface area contributed by atoms with Crippen LogP contribution in [0.1, 0.15) is 5.56 Å². The molecule has 0 spiro atoms. The summed E-state index contributed by atoms with van der Waals surface area (Å²) >= 11 is 6.46. The Labute approximate surface area is 168 Å². The first-order valence-electron chi connectivity index (χ1n) is 7.86. The number of para-hydroxylation sites is 1. The van der Waals surface area contributed by atoms with Crippen molar-refractivity contribution >= 4 is 48.5 Å². The highest BCUT2D eigenvalue weighted by Crippen LogP contribution is 2.29. The fraction of sp³-hybridized carbons (Fsp3) is 0. The zero-order valence-electron chi connectivity index (χ0n) is 13.7. The summed E-state index contributed by atoms with van der Waals surface area (Å²) in [4.78, 5) is 3.41. The van der Waals surface area contributed by atoms with E-state index in [1.54, 1.807) is 12.1 Å². The zero-order chi connectivity index (χ0) is 18.5. The second kappa shape index (κ2) is 8.22. The number of aromatic nitrogens is 1. The largest absolute Gasteiger partial charge is 0.397 e. The molecule has 0 atom stereocenters. The summed E-state index contributed by atoms with van der Waals surface area (Å²) in [7, 11) is 0. The molecule has 0 amide bonds. The monoisotopic (exact) mass is 467 g/mol. The smallest absolute Gasteiger partial charge is 0.0992 e. The molecule has 3 nitrogen and oxygen atoms in total. The van der Waals surface area contributed by atoms with Crippen LogP contribution in [-0.2, 0) is 0 Å². The lowest BCUT2D eigenvalue weighted by molar-refractivity contribution is 1.45. The average molecular weight is 469 g/mol. The molecule has 128 valence electrons. The fourth-order valence-electron chi connectivity index (χ4n) is 2.50. The Hall–Kier alpha value is -2.55. The molecule has 0 fully saturated rings. The average Bonchev–Trinajstić information content (AvgIpc) is 3.11. The van der Waals surface area contributed by atoms with Crippen molar-refractivity contribution in [2.24, 2.45) is 0 Å². The van der Waals surface area contributed by atoms with E-state index >= 15 is 0 Å². The van der Waals surface area contributed by atoms with E-state index in [4.69, 9.17) is 11.0 Å². The van der Waals surface area contributed by atoms with Crippen molar-refractivity contribution < 1.29 is 0 Å². The quantitative estimate of drug-likeness (QED) is 0.313. The molecule has 3 aromatic carbocycles. The molecule has 0 saturated heterocycles. The van der Waals surface area contributed by atoms with Crippen molar-refractivity contribution in [1.29, 1.82) is 5.26 Å². The Morgan fingerprint density at radius 2 is 1.46 bits per heavy atom. The lowest BCUT2D eigenvalue weighted by Gasteiger charge is -2.00. The number of hydrogen-bond donors (Lipinski definition) is 2. The number of halogens is 2. The first-order valence-corrected chi connectivity index (χ1v) is 9.45. The molecule has 0 aliphatic heterocycles. The maximum atomic E-state index is 8.54. The van der Waals surface area contributed by atoms with E-state index in [0.29, 0.717) is 11.3 Å². The molecule has 0 bridgehead atoms. The minimum atomic E-state index is 0.581. The minimum absolute atomic E-state index is 0.581. The van der Waals surface area contributed by atoms with Crippen molar-refractivity contribution in [3.63, 3.8) is 0 Å². The van der Waals surface area contributed by atoms with Gasteiger partial charge in [-0.2, -0.15) is 5.26 Å². The summed E-state index contributed by atoms with van der Waals surface area (Å²) in [6, 6.07) is 26.3. The van der Waals surface area contributed by atoms with Gasteiger partial charge in [0.1, 0.15) is 0 Å². The highest BCUT2D eigenvalue weighted by atomic mass is 79.9. The standard InChI is InChI=1S/C14H11N.C7H4Br2N2/c1-2-6-11(7-3-1)14-10-12-8-4-5-9-13(12)15-14;8-5-1-4(3-10)2-6(9)7(5)11/h1-10,15H;1-2H,11H2. The highest BCUT2D eigenvalue weighted by Gasteiger charge is 2.02. The van der Waals surface area contributed by atoms with Gasteiger partial charge in [0, 0.05) is 25.5 Å². The van der Waals surface area contributed by atoms with E-state index in [2.05, 4.69) is 85.4 Å². The Morgan fingerprint density at radius 1 is 0.846 bits per heavy atom. The molecule has 1 aromatic heterocycles. The van der Waals surface area contributed by atoms with Crippen LogP contribution < -0.4 is 5.73 Å². The van der Waals surface area contributed by atoms with Gasteiger partial charge >= 0.3 is 0 Å². The van der Waals surface area contributed by atoms with Gasteiger partial charge in [-0.15, -0.1) is 0 Å². The topological polar surface area (TPSA) is 65.6 Å². The molecule has 0 saturated carbocycles. The van der Waals surface area contributed by atoms with Crippen molar-refractivity contribution in [2.75, 3.05) is 5.73 Å². The molecule has 3 N–H and O–H groups in total. The third-order valence-electron chi connectivity index (χ3n) is 3.82. The summed E-state index contributed by atoms with van der Waals surface area (Å²) in [5.41, 5.74) is 10.4. The number of fused-ring (bicyclic) bond motifs is 1. The Morgan fingerprint density at radius 3 is 2.08 bits per heavy atom. The molecule has 5 heteroatoms. The highest BCUT2D eigenvalue weighted by molar-refractivity contribution is 9.11. The minimum Gasteiger partial charge on any atom is -0.397 e. The number of anilines is 1. The van der Waals surface area contributed by atoms with Crippen LogP contribution in [0.4, 0.5) is 5.69 Å². The predicted molar refractivity (Wildman–Crippen MR) is 115 cm³/mol. The molecule has 1 heterocycles.